The fourth-order valence-corrected chi connectivity index (χ4v) is 3.16. The molecule has 31 heavy (non-hydrogen) atoms. The smallest absolute Gasteiger partial charge is 0.338 e. The number of esters is 2. The van der Waals surface area contributed by atoms with Gasteiger partial charge in [-0.15, -0.1) is 0 Å². The first-order valence-electron chi connectivity index (χ1n) is 10.3. The standard InChI is InChI=1S/C15H24O3Si.C9H10O3/c1-7-17-14(16)12-8-10-13(11-9-12)18-19(5,6)15(2,3)4;1-2-12-9(11)7-3-5-8(10)6-4-7/h8-11H,7H2,1-6H3;3-6,10H,2H2,1H3. The number of phenolic OH excluding ortho intramolecular Hbond substituents is 1. The van der Waals surface area contributed by atoms with Crippen molar-refractivity contribution in [3.8, 4) is 11.5 Å². The van der Waals surface area contributed by atoms with Gasteiger partial charge < -0.3 is 19.0 Å². The van der Waals surface area contributed by atoms with Gasteiger partial charge in [0.05, 0.1) is 24.3 Å². The highest BCUT2D eigenvalue weighted by molar-refractivity contribution is 6.74. The Morgan fingerprint density at radius 3 is 1.55 bits per heavy atom. The summed E-state index contributed by atoms with van der Waals surface area (Å²) in [5.74, 6) is 0.307. The van der Waals surface area contributed by atoms with Crippen LogP contribution in [0, 0.1) is 0 Å². The molecule has 0 saturated heterocycles. The summed E-state index contributed by atoms with van der Waals surface area (Å²) in [6, 6.07) is 13.1. The Balaban J connectivity index is 0.000000343. The van der Waals surface area contributed by atoms with E-state index >= 15 is 0 Å². The van der Waals surface area contributed by atoms with Crippen molar-refractivity contribution in [1.82, 2.24) is 0 Å². The summed E-state index contributed by atoms with van der Waals surface area (Å²) < 4.78 is 15.8. The van der Waals surface area contributed by atoms with E-state index in [0.717, 1.165) is 5.75 Å². The van der Waals surface area contributed by atoms with E-state index < -0.39 is 8.32 Å². The third-order valence-electron chi connectivity index (χ3n) is 4.92. The van der Waals surface area contributed by atoms with Gasteiger partial charge in [0.1, 0.15) is 11.5 Å². The number of hydrogen-bond acceptors (Lipinski definition) is 6. The fourth-order valence-electron chi connectivity index (χ4n) is 2.13. The van der Waals surface area contributed by atoms with E-state index in [-0.39, 0.29) is 22.7 Å². The average molecular weight is 447 g/mol. The average Bonchev–Trinajstić information content (AvgIpc) is 2.69. The zero-order valence-electron chi connectivity index (χ0n) is 19.5. The van der Waals surface area contributed by atoms with Crippen LogP contribution in [0.2, 0.25) is 18.1 Å². The van der Waals surface area contributed by atoms with Crippen molar-refractivity contribution in [2.75, 3.05) is 13.2 Å². The number of benzene rings is 2. The first-order chi connectivity index (χ1) is 14.4. The Morgan fingerprint density at radius 1 is 0.806 bits per heavy atom. The van der Waals surface area contributed by atoms with Crippen molar-refractivity contribution < 1.29 is 28.6 Å². The van der Waals surface area contributed by atoms with Crippen LogP contribution in [0.25, 0.3) is 0 Å². The Labute approximate surface area is 186 Å². The summed E-state index contributed by atoms with van der Waals surface area (Å²) in [6.45, 7) is 15.3. The summed E-state index contributed by atoms with van der Waals surface area (Å²) in [5, 5.41) is 9.08. The van der Waals surface area contributed by atoms with Gasteiger partial charge in [-0.25, -0.2) is 9.59 Å². The predicted octanol–water partition coefficient (Wildman–Crippen LogP) is 5.82. The van der Waals surface area contributed by atoms with E-state index in [9.17, 15) is 9.59 Å². The number of phenols is 1. The molecule has 0 aliphatic carbocycles. The van der Waals surface area contributed by atoms with E-state index in [1.54, 1.807) is 26.0 Å². The van der Waals surface area contributed by atoms with Crippen LogP contribution in [-0.2, 0) is 9.47 Å². The molecule has 170 valence electrons. The number of hydrogen-bond donors (Lipinski definition) is 1. The zero-order chi connectivity index (χ0) is 23.7. The molecule has 0 heterocycles. The van der Waals surface area contributed by atoms with Crippen LogP contribution < -0.4 is 4.43 Å². The maximum absolute atomic E-state index is 11.5. The highest BCUT2D eigenvalue weighted by atomic mass is 28.4. The highest BCUT2D eigenvalue weighted by Crippen LogP contribution is 2.37. The van der Waals surface area contributed by atoms with Gasteiger partial charge in [0, 0.05) is 0 Å². The van der Waals surface area contributed by atoms with Gasteiger partial charge in [0.2, 0.25) is 8.32 Å². The van der Waals surface area contributed by atoms with Gasteiger partial charge in [0.25, 0.3) is 0 Å². The lowest BCUT2D eigenvalue weighted by Gasteiger charge is -2.36. The molecule has 0 unspecified atom stereocenters. The van der Waals surface area contributed by atoms with Crippen molar-refractivity contribution in [2.24, 2.45) is 0 Å². The number of rotatable bonds is 6. The number of ether oxygens (including phenoxy) is 2. The second-order valence-corrected chi connectivity index (χ2v) is 13.1. The molecule has 0 aromatic heterocycles. The zero-order valence-corrected chi connectivity index (χ0v) is 20.5. The van der Waals surface area contributed by atoms with Crippen LogP contribution in [0.1, 0.15) is 55.3 Å². The minimum Gasteiger partial charge on any atom is -0.544 e. The lowest BCUT2D eigenvalue weighted by Crippen LogP contribution is -2.43. The van der Waals surface area contributed by atoms with Gasteiger partial charge in [-0.1, -0.05) is 20.8 Å². The molecule has 0 saturated carbocycles. The maximum atomic E-state index is 11.5. The van der Waals surface area contributed by atoms with E-state index in [1.807, 2.05) is 12.1 Å². The normalized spacial score (nSPS) is 11.1. The van der Waals surface area contributed by atoms with E-state index in [2.05, 4.69) is 33.9 Å². The van der Waals surface area contributed by atoms with E-state index in [4.69, 9.17) is 19.0 Å². The third-order valence-corrected chi connectivity index (χ3v) is 9.28. The first-order valence-corrected chi connectivity index (χ1v) is 13.2. The molecule has 0 amide bonds. The maximum Gasteiger partial charge on any atom is 0.338 e. The van der Waals surface area contributed by atoms with Gasteiger partial charge in [-0.05, 0) is 80.5 Å². The fraction of sp³-hybridized carbons (Fsp3) is 0.417. The topological polar surface area (TPSA) is 82.1 Å². The van der Waals surface area contributed by atoms with Gasteiger partial charge in [0.15, 0.2) is 0 Å². The molecule has 2 rings (SSSR count). The largest absolute Gasteiger partial charge is 0.544 e. The molecule has 6 nitrogen and oxygen atoms in total. The lowest BCUT2D eigenvalue weighted by molar-refractivity contribution is 0.0516. The van der Waals surface area contributed by atoms with Crippen LogP contribution in [0.3, 0.4) is 0 Å². The minimum atomic E-state index is -1.82. The molecule has 0 bridgehead atoms. The Morgan fingerprint density at radius 2 is 1.19 bits per heavy atom. The molecule has 7 heteroatoms. The second kappa shape index (κ2) is 11.6. The Hall–Kier alpha value is -2.80. The molecule has 0 fully saturated rings. The van der Waals surface area contributed by atoms with Crippen LogP contribution in [0.4, 0.5) is 0 Å². The van der Waals surface area contributed by atoms with Crippen molar-refractivity contribution >= 4 is 20.3 Å². The van der Waals surface area contributed by atoms with Crippen molar-refractivity contribution in [3.05, 3.63) is 59.7 Å². The second-order valence-electron chi connectivity index (χ2n) is 8.37. The Kier molecular flexibility index (Phi) is 9.77. The lowest BCUT2D eigenvalue weighted by atomic mass is 10.2. The summed E-state index contributed by atoms with van der Waals surface area (Å²) >= 11 is 0. The Bertz CT molecular complexity index is 836. The van der Waals surface area contributed by atoms with Gasteiger partial charge >= 0.3 is 11.9 Å². The molecular formula is C24H34O6Si. The molecule has 0 radical (unpaired) electrons. The van der Waals surface area contributed by atoms with Crippen LogP contribution in [-0.4, -0.2) is 38.6 Å². The number of carbonyl (C=O) groups is 2. The number of aromatic hydroxyl groups is 1. The summed E-state index contributed by atoms with van der Waals surface area (Å²) in [7, 11) is -1.82. The summed E-state index contributed by atoms with van der Waals surface area (Å²) in [5.41, 5.74) is 1.01. The number of carbonyl (C=O) groups excluding carboxylic acids is 2. The van der Waals surface area contributed by atoms with Gasteiger partial charge in [-0.2, -0.15) is 0 Å². The van der Waals surface area contributed by atoms with Gasteiger partial charge in [-0.3, -0.25) is 0 Å². The molecule has 0 aliphatic heterocycles. The molecule has 0 aliphatic rings. The van der Waals surface area contributed by atoms with Crippen LogP contribution in [0.5, 0.6) is 11.5 Å². The quantitative estimate of drug-likeness (QED) is 0.445. The summed E-state index contributed by atoms with van der Waals surface area (Å²) in [6.07, 6.45) is 0. The van der Waals surface area contributed by atoms with Crippen molar-refractivity contribution in [3.63, 3.8) is 0 Å². The van der Waals surface area contributed by atoms with Crippen LogP contribution >= 0.6 is 0 Å². The molecular weight excluding hydrogens is 412 g/mol. The molecule has 2 aromatic carbocycles. The first kappa shape index (κ1) is 26.2. The predicted molar refractivity (Wildman–Crippen MR) is 124 cm³/mol. The minimum absolute atomic E-state index is 0.142. The van der Waals surface area contributed by atoms with E-state index in [1.165, 1.54) is 24.3 Å². The molecule has 2 aromatic rings. The SMILES string of the molecule is CCOC(=O)c1ccc(O)cc1.CCOC(=O)c1ccc(O[Si](C)(C)C(C)(C)C)cc1. The monoisotopic (exact) mass is 446 g/mol. The van der Waals surface area contributed by atoms with Crippen molar-refractivity contribution in [2.45, 2.75) is 52.8 Å². The van der Waals surface area contributed by atoms with E-state index in [0.29, 0.717) is 24.3 Å². The molecule has 1 N–H and O–H groups in total. The van der Waals surface area contributed by atoms with Crippen molar-refractivity contribution in [1.29, 1.82) is 0 Å². The third kappa shape index (κ3) is 8.45. The summed E-state index contributed by atoms with van der Waals surface area (Å²) in [4.78, 5) is 22.6. The highest BCUT2D eigenvalue weighted by Gasteiger charge is 2.38. The molecule has 0 spiro atoms. The van der Waals surface area contributed by atoms with Crippen LogP contribution in [0.15, 0.2) is 48.5 Å². The molecule has 0 atom stereocenters.